The van der Waals surface area contributed by atoms with Gasteiger partial charge >= 0.3 is 0 Å². The Balaban J connectivity index is 2.93. The summed E-state index contributed by atoms with van der Waals surface area (Å²) in [5.41, 5.74) is 5.32. The number of nitrogens with zero attached hydrogens (tertiary/aromatic N) is 1. The van der Waals surface area contributed by atoms with Gasteiger partial charge in [-0.15, -0.1) is 0 Å². The quantitative estimate of drug-likeness (QED) is 0.877. The van der Waals surface area contributed by atoms with Crippen LogP contribution in [0.4, 0.5) is 11.6 Å². The van der Waals surface area contributed by atoms with Crippen molar-refractivity contribution < 1.29 is 4.74 Å². The molecule has 0 spiro atoms. The number of nitrogen functional groups attached to an aromatic ring is 1. The monoisotopic (exact) mass is 263 g/mol. The lowest BCUT2D eigenvalue weighted by atomic mass is 10.1. The Morgan fingerprint density at radius 3 is 2.62 bits per heavy atom. The molecule has 0 aliphatic rings. The third kappa shape index (κ3) is 3.40. The number of aromatic nitrogens is 1. The van der Waals surface area contributed by atoms with Gasteiger partial charge in [-0.2, -0.15) is 0 Å². The highest BCUT2D eigenvalue weighted by Gasteiger charge is 2.19. The van der Waals surface area contributed by atoms with Crippen LogP contribution in [0.5, 0.6) is 0 Å². The fourth-order valence-electron chi connectivity index (χ4n) is 1.29. The second kappa shape index (κ2) is 5.08. The minimum atomic E-state index is -0.286. The minimum Gasteiger partial charge on any atom is -0.382 e. The van der Waals surface area contributed by atoms with E-state index in [1.54, 1.807) is 13.2 Å². The summed E-state index contributed by atoms with van der Waals surface area (Å²) in [5.74, 6) is 0.757. The number of anilines is 2. The van der Waals surface area contributed by atoms with Crippen molar-refractivity contribution in [2.45, 2.75) is 19.4 Å². The summed E-state index contributed by atoms with van der Waals surface area (Å²) >= 11 is 11.8. The fourth-order valence-corrected chi connectivity index (χ4v) is 1.69. The highest BCUT2D eigenvalue weighted by molar-refractivity contribution is 6.37. The Bertz CT molecular complexity index is 383. The van der Waals surface area contributed by atoms with Crippen molar-refractivity contribution in [2.75, 3.05) is 24.8 Å². The average Bonchev–Trinajstić information content (AvgIpc) is 2.13. The molecule has 90 valence electrons. The van der Waals surface area contributed by atoms with Crippen molar-refractivity contribution in [1.82, 2.24) is 4.98 Å². The lowest BCUT2D eigenvalue weighted by molar-refractivity contribution is 0.158. The molecule has 1 heterocycles. The number of nitrogens with two attached hydrogens (primary N) is 1. The van der Waals surface area contributed by atoms with Gasteiger partial charge in [0.05, 0.1) is 22.2 Å². The summed E-state index contributed by atoms with van der Waals surface area (Å²) in [6, 6.07) is 1.57. The van der Waals surface area contributed by atoms with Gasteiger partial charge in [0.25, 0.3) is 0 Å². The molecular weight excluding hydrogens is 249 g/mol. The molecule has 0 fully saturated rings. The topological polar surface area (TPSA) is 60.2 Å². The van der Waals surface area contributed by atoms with Crippen molar-refractivity contribution in [3.8, 4) is 0 Å². The van der Waals surface area contributed by atoms with E-state index in [4.69, 9.17) is 33.7 Å². The lowest BCUT2D eigenvalue weighted by Crippen LogP contribution is -2.36. The molecule has 0 atom stereocenters. The zero-order valence-corrected chi connectivity index (χ0v) is 11.0. The molecule has 0 aromatic carbocycles. The second-order valence-electron chi connectivity index (χ2n) is 4.13. The van der Waals surface area contributed by atoms with Crippen molar-refractivity contribution in [2.24, 2.45) is 0 Å². The first-order valence-electron chi connectivity index (χ1n) is 4.74. The minimum absolute atomic E-state index is 0.252. The van der Waals surface area contributed by atoms with E-state index in [0.717, 1.165) is 0 Å². The third-order valence-corrected chi connectivity index (χ3v) is 2.51. The first-order chi connectivity index (χ1) is 7.35. The van der Waals surface area contributed by atoms with Gasteiger partial charge in [-0.3, -0.25) is 0 Å². The first kappa shape index (κ1) is 13.4. The van der Waals surface area contributed by atoms with Crippen molar-refractivity contribution in [1.29, 1.82) is 0 Å². The van der Waals surface area contributed by atoms with Crippen LogP contribution in [0, 0.1) is 0 Å². The molecule has 6 heteroatoms. The Hall–Kier alpha value is -0.710. The number of ether oxygens (including phenoxy) is 1. The van der Waals surface area contributed by atoms with Crippen molar-refractivity contribution >= 4 is 34.8 Å². The van der Waals surface area contributed by atoms with Crippen LogP contribution in [0.1, 0.15) is 13.8 Å². The summed E-state index contributed by atoms with van der Waals surface area (Å²) in [7, 11) is 1.63. The molecule has 0 saturated heterocycles. The number of nitrogens with one attached hydrogen (secondary N) is 1. The van der Waals surface area contributed by atoms with E-state index in [-0.39, 0.29) is 11.4 Å². The largest absolute Gasteiger partial charge is 0.382 e. The van der Waals surface area contributed by atoms with E-state index in [2.05, 4.69) is 10.3 Å². The molecule has 0 bridgehead atoms. The van der Waals surface area contributed by atoms with Crippen LogP contribution >= 0.6 is 23.2 Å². The molecule has 0 aliphatic carbocycles. The molecule has 4 nitrogen and oxygen atoms in total. The van der Waals surface area contributed by atoms with Gasteiger partial charge in [-0.1, -0.05) is 23.2 Å². The SMILES string of the molecule is COCC(C)(C)Nc1nc(N)c(Cl)cc1Cl. The number of halogens is 2. The summed E-state index contributed by atoms with van der Waals surface area (Å²) < 4.78 is 5.08. The summed E-state index contributed by atoms with van der Waals surface area (Å²) in [6.45, 7) is 4.46. The van der Waals surface area contributed by atoms with Crippen molar-refractivity contribution in [3.63, 3.8) is 0 Å². The normalized spacial score (nSPS) is 11.6. The molecule has 0 amide bonds. The van der Waals surface area contributed by atoms with Gasteiger partial charge in [-0.05, 0) is 19.9 Å². The Morgan fingerprint density at radius 1 is 1.44 bits per heavy atom. The molecule has 16 heavy (non-hydrogen) atoms. The fraction of sp³-hybridized carbons (Fsp3) is 0.500. The van der Waals surface area contributed by atoms with E-state index < -0.39 is 0 Å². The molecule has 0 saturated carbocycles. The van der Waals surface area contributed by atoms with Crippen molar-refractivity contribution in [3.05, 3.63) is 16.1 Å². The molecule has 1 aromatic rings. The zero-order chi connectivity index (χ0) is 12.3. The van der Waals surface area contributed by atoms with Crippen LogP contribution in [0.25, 0.3) is 0 Å². The number of hydrogen-bond acceptors (Lipinski definition) is 4. The number of rotatable bonds is 4. The van der Waals surface area contributed by atoms with Crippen LogP contribution in [-0.2, 0) is 4.74 Å². The number of methoxy groups -OCH3 is 1. The highest BCUT2D eigenvalue weighted by Crippen LogP contribution is 2.29. The summed E-state index contributed by atoms with van der Waals surface area (Å²) in [6.07, 6.45) is 0. The number of pyridine rings is 1. The number of hydrogen-bond donors (Lipinski definition) is 2. The van der Waals surface area contributed by atoms with Gasteiger partial charge in [0.1, 0.15) is 11.6 Å². The summed E-state index contributed by atoms with van der Waals surface area (Å²) in [4.78, 5) is 4.09. The second-order valence-corrected chi connectivity index (χ2v) is 4.94. The van der Waals surface area contributed by atoms with E-state index in [1.165, 1.54) is 0 Å². The highest BCUT2D eigenvalue weighted by atomic mass is 35.5. The molecule has 0 radical (unpaired) electrons. The van der Waals surface area contributed by atoms with E-state index in [9.17, 15) is 0 Å². The maximum Gasteiger partial charge on any atom is 0.147 e. The molecule has 1 aromatic heterocycles. The smallest absolute Gasteiger partial charge is 0.147 e. The molecule has 1 rings (SSSR count). The van der Waals surface area contributed by atoms with Gasteiger partial charge in [0, 0.05) is 7.11 Å². The zero-order valence-electron chi connectivity index (χ0n) is 9.47. The van der Waals surface area contributed by atoms with Crippen LogP contribution in [0.3, 0.4) is 0 Å². The first-order valence-corrected chi connectivity index (χ1v) is 5.50. The standard InChI is InChI=1S/C10H15Cl2N3O/c1-10(2,5-16-3)15-9-7(12)4-6(11)8(13)14-9/h4H,5H2,1-3H3,(H3,13,14,15). The van der Waals surface area contributed by atoms with E-state index in [0.29, 0.717) is 22.5 Å². The molecular formula is C10H15Cl2N3O. The maximum absolute atomic E-state index is 6.00. The van der Waals surface area contributed by atoms with Crippen LogP contribution < -0.4 is 11.1 Å². The van der Waals surface area contributed by atoms with Crippen LogP contribution in [0.15, 0.2) is 6.07 Å². The average molecular weight is 264 g/mol. The molecule has 3 N–H and O–H groups in total. The molecule has 0 aliphatic heterocycles. The van der Waals surface area contributed by atoms with Crippen LogP contribution in [-0.4, -0.2) is 24.2 Å². The van der Waals surface area contributed by atoms with Gasteiger partial charge in [0.2, 0.25) is 0 Å². The maximum atomic E-state index is 6.00. The Kier molecular flexibility index (Phi) is 4.24. The third-order valence-electron chi connectivity index (χ3n) is 1.92. The van der Waals surface area contributed by atoms with Gasteiger partial charge < -0.3 is 15.8 Å². The van der Waals surface area contributed by atoms with Gasteiger partial charge in [0.15, 0.2) is 0 Å². The Labute approximate surface area is 105 Å². The Morgan fingerprint density at radius 2 is 2.06 bits per heavy atom. The predicted molar refractivity (Wildman–Crippen MR) is 68.2 cm³/mol. The predicted octanol–water partition coefficient (Wildman–Crippen LogP) is 2.81. The van der Waals surface area contributed by atoms with E-state index in [1.807, 2.05) is 13.8 Å². The van der Waals surface area contributed by atoms with E-state index >= 15 is 0 Å². The van der Waals surface area contributed by atoms with Crippen LogP contribution in [0.2, 0.25) is 10.0 Å². The summed E-state index contributed by atoms with van der Waals surface area (Å²) in [5, 5.41) is 3.93. The lowest BCUT2D eigenvalue weighted by Gasteiger charge is -2.26. The molecule has 0 unspecified atom stereocenters. The van der Waals surface area contributed by atoms with Gasteiger partial charge in [-0.25, -0.2) is 4.98 Å².